The summed E-state index contributed by atoms with van der Waals surface area (Å²) in [4.78, 5) is 56.9. The highest BCUT2D eigenvalue weighted by atomic mass is 16.6. The number of carbonyl (C=O) groups excluding carboxylic acids is 4. The van der Waals surface area contributed by atoms with Gasteiger partial charge in [0.2, 0.25) is 17.7 Å². The summed E-state index contributed by atoms with van der Waals surface area (Å²) in [6.45, 7) is 6.53. The summed E-state index contributed by atoms with van der Waals surface area (Å²) >= 11 is 0. The summed E-state index contributed by atoms with van der Waals surface area (Å²) in [5.41, 5.74) is -1.30. The SMILES string of the molecule is CC(C)N1CC=C[C@@]23O[C@H]4/C=C\CCC(=O)NC[C@H](C)OC(=O)[C@H]4[C@@H]2C(=O)N(CCCCCO)[C@H]3C1=O. The number of esters is 1. The number of aliphatic hydroxyl groups excluding tert-OH is 1. The molecule has 6 atom stereocenters. The zero-order valence-electron chi connectivity index (χ0n) is 21.9. The molecule has 37 heavy (non-hydrogen) atoms. The number of unbranched alkanes of at least 4 members (excludes halogenated alkanes) is 2. The third-order valence-corrected chi connectivity index (χ3v) is 7.75. The van der Waals surface area contributed by atoms with Gasteiger partial charge in [0.15, 0.2) is 0 Å². The van der Waals surface area contributed by atoms with E-state index in [1.165, 1.54) is 0 Å². The molecule has 0 saturated carbocycles. The van der Waals surface area contributed by atoms with Crippen molar-refractivity contribution in [3.05, 3.63) is 24.3 Å². The number of hydrogen-bond donors (Lipinski definition) is 2. The largest absolute Gasteiger partial charge is 0.460 e. The van der Waals surface area contributed by atoms with Crippen molar-refractivity contribution < 1.29 is 33.8 Å². The molecule has 2 fully saturated rings. The van der Waals surface area contributed by atoms with E-state index in [-0.39, 0.29) is 43.3 Å². The van der Waals surface area contributed by atoms with Gasteiger partial charge in [-0.1, -0.05) is 24.3 Å². The van der Waals surface area contributed by atoms with Crippen LogP contribution in [0, 0.1) is 11.8 Å². The lowest BCUT2D eigenvalue weighted by atomic mass is 9.78. The summed E-state index contributed by atoms with van der Waals surface area (Å²) in [7, 11) is 0. The fourth-order valence-corrected chi connectivity index (χ4v) is 5.95. The summed E-state index contributed by atoms with van der Waals surface area (Å²) in [6, 6.07) is -0.978. The number of ether oxygens (including phenoxy) is 2. The number of aliphatic hydroxyl groups is 1. The molecule has 0 aliphatic carbocycles. The maximum atomic E-state index is 14.0. The van der Waals surface area contributed by atoms with E-state index in [0.717, 1.165) is 0 Å². The highest BCUT2D eigenvalue weighted by Gasteiger charge is 2.71. The van der Waals surface area contributed by atoms with E-state index in [1.807, 2.05) is 26.0 Å². The molecular formula is C27H39N3O7. The number of likely N-dealkylation sites (tertiary alicyclic amines) is 1. The normalized spacial score (nSPS) is 35.2. The van der Waals surface area contributed by atoms with Crippen LogP contribution in [0.5, 0.6) is 0 Å². The molecule has 4 aliphatic rings. The minimum absolute atomic E-state index is 0.0659. The summed E-state index contributed by atoms with van der Waals surface area (Å²) in [5.74, 6) is -3.02. The number of carbonyl (C=O) groups is 4. The molecule has 204 valence electrons. The van der Waals surface area contributed by atoms with Gasteiger partial charge in [-0.3, -0.25) is 19.2 Å². The van der Waals surface area contributed by atoms with Crippen molar-refractivity contribution in [3.8, 4) is 0 Å². The molecule has 2 N–H and O–H groups in total. The smallest absolute Gasteiger partial charge is 0.313 e. The molecule has 1 spiro atoms. The van der Waals surface area contributed by atoms with Gasteiger partial charge in [0.1, 0.15) is 23.7 Å². The molecule has 4 aliphatic heterocycles. The average molecular weight is 518 g/mol. The standard InChI is InChI=1S/C27H39N3O7/c1-17(2)29-14-9-12-27-22(24(33)30(23(27)25(29)34)13-7-4-8-15-31)21-19(37-27)10-5-6-11-20(32)28-16-18(3)36-26(21)35/h5,9-10,12,17-19,21-23,31H,4,6-8,11,13-16H2,1-3H3,(H,28,32)/b10-5-/t18-,19-,21+,22+,23-,27+/m0/s1. The highest BCUT2D eigenvalue weighted by Crippen LogP contribution is 2.53. The van der Waals surface area contributed by atoms with Crippen LogP contribution in [0.4, 0.5) is 0 Å². The topological polar surface area (TPSA) is 125 Å². The van der Waals surface area contributed by atoms with Crippen molar-refractivity contribution in [1.82, 2.24) is 15.1 Å². The van der Waals surface area contributed by atoms with Crippen LogP contribution in [0.25, 0.3) is 0 Å². The van der Waals surface area contributed by atoms with Crippen LogP contribution in [-0.4, -0.2) is 94.7 Å². The second kappa shape index (κ2) is 11.3. The molecule has 0 bridgehead atoms. The summed E-state index contributed by atoms with van der Waals surface area (Å²) in [5, 5.41) is 11.9. The van der Waals surface area contributed by atoms with Crippen LogP contribution in [0.1, 0.15) is 52.9 Å². The number of rotatable bonds is 6. The maximum Gasteiger partial charge on any atom is 0.313 e. The Bertz CT molecular complexity index is 964. The minimum atomic E-state index is -1.30. The molecule has 10 heteroatoms. The van der Waals surface area contributed by atoms with Crippen molar-refractivity contribution in [2.24, 2.45) is 11.8 Å². The number of fused-ring (bicyclic) bond motifs is 2. The van der Waals surface area contributed by atoms with Crippen LogP contribution in [0.15, 0.2) is 24.3 Å². The van der Waals surface area contributed by atoms with Gasteiger partial charge in [0.25, 0.3) is 0 Å². The molecule has 10 nitrogen and oxygen atoms in total. The first-order chi connectivity index (χ1) is 17.7. The number of nitrogens with one attached hydrogen (secondary N) is 1. The zero-order valence-corrected chi connectivity index (χ0v) is 21.9. The fourth-order valence-electron chi connectivity index (χ4n) is 5.95. The molecule has 2 saturated heterocycles. The van der Waals surface area contributed by atoms with Crippen LogP contribution in [-0.2, 0) is 28.7 Å². The van der Waals surface area contributed by atoms with E-state index in [2.05, 4.69) is 5.32 Å². The van der Waals surface area contributed by atoms with Gasteiger partial charge in [0.05, 0.1) is 18.6 Å². The lowest BCUT2D eigenvalue weighted by Gasteiger charge is -2.36. The predicted octanol–water partition coefficient (Wildman–Crippen LogP) is 0.935. The van der Waals surface area contributed by atoms with Gasteiger partial charge >= 0.3 is 5.97 Å². The first kappa shape index (κ1) is 27.3. The second-order valence-electron chi connectivity index (χ2n) is 10.7. The van der Waals surface area contributed by atoms with Gasteiger partial charge in [-0.05, 0) is 46.5 Å². The van der Waals surface area contributed by atoms with Crippen molar-refractivity contribution >= 4 is 23.7 Å². The lowest BCUT2D eigenvalue weighted by molar-refractivity contribution is -0.158. The average Bonchev–Trinajstić information content (AvgIpc) is 3.22. The molecule has 0 aromatic carbocycles. The van der Waals surface area contributed by atoms with Crippen molar-refractivity contribution in [1.29, 1.82) is 0 Å². The minimum Gasteiger partial charge on any atom is -0.460 e. The van der Waals surface area contributed by atoms with E-state index >= 15 is 0 Å². The third kappa shape index (κ3) is 5.18. The van der Waals surface area contributed by atoms with Crippen molar-refractivity contribution in [2.75, 3.05) is 26.2 Å². The van der Waals surface area contributed by atoms with Crippen LogP contribution in [0.2, 0.25) is 0 Å². The van der Waals surface area contributed by atoms with Crippen LogP contribution in [0.3, 0.4) is 0 Å². The van der Waals surface area contributed by atoms with E-state index in [1.54, 1.807) is 28.9 Å². The molecular weight excluding hydrogens is 478 g/mol. The Balaban J connectivity index is 1.75. The number of cyclic esters (lactones) is 1. The molecule has 0 radical (unpaired) electrons. The number of hydrogen-bond acceptors (Lipinski definition) is 7. The predicted molar refractivity (Wildman–Crippen MR) is 134 cm³/mol. The molecule has 0 aromatic heterocycles. The first-order valence-corrected chi connectivity index (χ1v) is 13.4. The van der Waals surface area contributed by atoms with Gasteiger partial charge < -0.3 is 29.7 Å². The summed E-state index contributed by atoms with van der Waals surface area (Å²) in [6.07, 6.45) is 8.55. The second-order valence-corrected chi connectivity index (χ2v) is 10.7. The Hall–Kier alpha value is -2.72. The Labute approximate surface area is 218 Å². The van der Waals surface area contributed by atoms with E-state index in [9.17, 15) is 24.3 Å². The number of nitrogens with zero attached hydrogens (tertiary/aromatic N) is 2. The lowest BCUT2D eigenvalue weighted by Crippen LogP contribution is -2.56. The van der Waals surface area contributed by atoms with Gasteiger partial charge in [-0.2, -0.15) is 0 Å². The zero-order chi connectivity index (χ0) is 26.7. The Morgan fingerprint density at radius 3 is 2.65 bits per heavy atom. The van der Waals surface area contributed by atoms with Crippen LogP contribution < -0.4 is 5.32 Å². The fraction of sp³-hybridized carbons (Fsp3) is 0.704. The quantitative estimate of drug-likeness (QED) is 0.305. The molecule has 3 amide bonds. The third-order valence-electron chi connectivity index (χ3n) is 7.75. The van der Waals surface area contributed by atoms with Crippen molar-refractivity contribution in [2.45, 2.75) is 82.8 Å². The monoisotopic (exact) mass is 517 g/mol. The first-order valence-electron chi connectivity index (χ1n) is 13.4. The van der Waals surface area contributed by atoms with Crippen LogP contribution >= 0.6 is 0 Å². The maximum absolute atomic E-state index is 14.0. The number of allylic oxidation sites excluding steroid dienone is 1. The van der Waals surface area contributed by atoms with Gasteiger partial charge in [-0.25, -0.2) is 0 Å². The number of amides is 3. The molecule has 0 aromatic rings. The Morgan fingerprint density at radius 2 is 1.92 bits per heavy atom. The Kier molecular flexibility index (Phi) is 8.38. The van der Waals surface area contributed by atoms with Crippen molar-refractivity contribution in [3.63, 3.8) is 0 Å². The molecule has 4 heterocycles. The molecule has 0 unspecified atom stereocenters. The molecule has 4 rings (SSSR count). The highest BCUT2D eigenvalue weighted by molar-refractivity contribution is 5.99. The Morgan fingerprint density at radius 1 is 1.14 bits per heavy atom. The summed E-state index contributed by atoms with van der Waals surface area (Å²) < 4.78 is 12.3. The van der Waals surface area contributed by atoms with E-state index in [4.69, 9.17) is 9.47 Å². The van der Waals surface area contributed by atoms with Gasteiger partial charge in [0, 0.05) is 32.2 Å². The van der Waals surface area contributed by atoms with E-state index in [0.29, 0.717) is 38.8 Å². The van der Waals surface area contributed by atoms with E-state index < -0.39 is 41.7 Å². The van der Waals surface area contributed by atoms with Gasteiger partial charge in [-0.15, -0.1) is 0 Å².